The van der Waals surface area contributed by atoms with Crippen LogP contribution >= 0.6 is 36.6 Å². The van der Waals surface area contributed by atoms with Crippen LogP contribution in [0.3, 0.4) is 0 Å². The molecule has 10 heteroatoms. The van der Waals surface area contributed by atoms with Crippen LogP contribution in [0.5, 0.6) is 11.5 Å². The van der Waals surface area contributed by atoms with Crippen molar-refractivity contribution < 1.29 is 24.1 Å². The van der Waals surface area contributed by atoms with E-state index in [4.69, 9.17) is 14.2 Å². The second-order valence-corrected chi connectivity index (χ2v) is 9.76. The number of methoxy groups -OCH3 is 2. The van der Waals surface area contributed by atoms with Gasteiger partial charge in [-0.25, -0.2) is 0 Å². The third-order valence-electron chi connectivity index (χ3n) is 6.43. The van der Waals surface area contributed by atoms with Gasteiger partial charge in [0.05, 0.1) is 19.1 Å². The van der Waals surface area contributed by atoms with Crippen LogP contribution in [0.15, 0.2) is 53.4 Å². The molecule has 2 aromatic rings. The Morgan fingerprint density at radius 1 is 1.11 bits per heavy atom. The van der Waals surface area contributed by atoms with Gasteiger partial charge in [-0.05, 0) is 49.7 Å². The molecule has 35 heavy (non-hydrogen) atoms. The molecular weight excluding hydrogens is 511 g/mol. The standard InChI is InChI=1S/C25H32N2O5S.2ClH/c1-30-20-9-10-21-22(17-20)33-25(24(29)31-2,23(28)18-32-21)11-6-12-26-13-15-27(16-14-26)19-7-4-3-5-8-19;;/h3-5,7-10,17,23,28H,6,11-16,18H2,1-2H3;2*1H. The summed E-state index contributed by atoms with van der Waals surface area (Å²) in [6.07, 6.45) is 0.275. The molecule has 1 N–H and O–H groups in total. The van der Waals surface area contributed by atoms with E-state index in [2.05, 4.69) is 34.1 Å². The van der Waals surface area contributed by atoms with E-state index in [0.29, 0.717) is 17.9 Å². The van der Waals surface area contributed by atoms with Crippen molar-refractivity contribution in [1.82, 2.24) is 4.90 Å². The molecule has 0 aromatic heterocycles. The number of fused-ring (bicyclic) bond motifs is 1. The molecule has 7 nitrogen and oxygen atoms in total. The predicted molar refractivity (Wildman–Crippen MR) is 144 cm³/mol. The molecule has 2 aliphatic heterocycles. The van der Waals surface area contributed by atoms with Gasteiger partial charge in [0.15, 0.2) is 0 Å². The summed E-state index contributed by atoms with van der Waals surface area (Å²) < 4.78 is 15.2. The molecule has 2 aliphatic rings. The molecule has 0 radical (unpaired) electrons. The van der Waals surface area contributed by atoms with Crippen LogP contribution in [-0.2, 0) is 9.53 Å². The number of nitrogens with zero attached hydrogens (tertiary/aromatic N) is 2. The number of piperazine rings is 1. The number of hydrogen-bond acceptors (Lipinski definition) is 8. The highest BCUT2D eigenvalue weighted by molar-refractivity contribution is 8.01. The first-order valence-corrected chi connectivity index (χ1v) is 12.2. The Labute approximate surface area is 223 Å². The van der Waals surface area contributed by atoms with Gasteiger partial charge in [-0.3, -0.25) is 9.69 Å². The molecule has 2 atom stereocenters. The zero-order valence-electron chi connectivity index (χ0n) is 20.1. The molecule has 0 saturated carbocycles. The van der Waals surface area contributed by atoms with Gasteiger partial charge >= 0.3 is 5.97 Å². The first kappa shape index (κ1) is 29.4. The van der Waals surface area contributed by atoms with E-state index < -0.39 is 16.8 Å². The number of carbonyl (C=O) groups excluding carboxylic acids is 1. The van der Waals surface area contributed by atoms with Gasteiger partial charge in [-0.1, -0.05) is 18.2 Å². The molecule has 0 amide bonds. The fraction of sp³-hybridized carbons (Fsp3) is 0.480. The highest BCUT2D eigenvalue weighted by Gasteiger charge is 2.49. The van der Waals surface area contributed by atoms with E-state index in [1.165, 1.54) is 24.6 Å². The zero-order chi connectivity index (χ0) is 23.3. The van der Waals surface area contributed by atoms with E-state index in [9.17, 15) is 9.90 Å². The smallest absolute Gasteiger partial charge is 0.325 e. The Bertz CT molecular complexity index is 947. The number of hydrogen-bond donors (Lipinski definition) is 1. The quantitative estimate of drug-likeness (QED) is 0.526. The van der Waals surface area contributed by atoms with Crippen molar-refractivity contribution in [2.75, 3.05) is 58.5 Å². The lowest BCUT2D eigenvalue weighted by Gasteiger charge is -2.37. The number of anilines is 1. The molecule has 2 unspecified atom stereocenters. The fourth-order valence-electron chi connectivity index (χ4n) is 4.49. The Morgan fingerprint density at radius 3 is 2.49 bits per heavy atom. The first-order valence-electron chi connectivity index (χ1n) is 11.3. The van der Waals surface area contributed by atoms with Crippen LogP contribution in [0.1, 0.15) is 12.8 Å². The summed E-state index contributed by atoms with van der Waals surface area (Å²) in [5.41, 5.74) is 1.26. The molecule has 0 spiro atoms. The van der Waals surface area contributed by atoms with Gasteiger partial charge in [0.1, 0.15) is 29.0 Å². The monoisotopic (exact) mass is 544 g/mol. The number of benzene rings is 2. The van der Waals surface area contributed by atoms with Crippen molar-refractivity contribution in [1.29, 1.82) is 0 Å². The number of esters is 1. The lowest BCUT2D eigenvalue weighted by molar-refractivity contribution is -0.147. The van der Waals surface area contributed by atoms with E-state index in [-0.39, 0.29) is 31.4 Å². The molecular formula is C25H34Cl2N2O5S. The number of thioether (sulfide) groups is 1. The molecule has 2 heterocycles. The molecule has 0 bridgehead atoms. The Kier molecular flexibility index (Phi) is 11.3. The second-order valence-electron chi connectivity index (χ2n) is 8.39. The number of carbonyl (C=O) groups is 1. The lowest BCUT2D eigenvalue weighted by atomic mass is 9.95. The Morgan fingerprint density at radius 2 is 1.83 bits per heavy atom. The van der Waals surface area contributed by atoms with Gasteiger partial charge in [0.2, 0.25) is 0 Å². The summed E-state index contributed by atoms with van der Waals surface area (Å²) in [6.45, 7) is 4.80. The minimum atomic E-state index is -1.13. The number of para-hydroxylation sites is 1. The minimum absolute atomic E-state index is 0. The molecule has 4 rings (SSSR count). The van der Waals surface area contributed by atoms with Crippen LogP contribution in [0.25, 0.3) is 0 Å². The summed E-state index contributed by atoms with van der Waals surface area (Å²) in [5, 5.41) is 11.0. The average Bonchev–Trinajstić information content (AvgIpc) is 3.01. The van der Waals surface area contributed by atoms with Crippen LogP contribution in [0.4, 0.5) is 5.69 Å². The Hall–Kier alpha value is -1.84. The first-order chi connectivity index (χ1) is 16.1. The SMILES string of the molecule is COC(=O)C1(CCCN2CCN(c3ccccc3)CC2)Sc2cc(OC)ccc2OCC1O.Cl.Cl. The predicted octanol–water partition coefficient (Wildman–Crippen LogP) is 3.90. The van der Waals surface area contributed by atoms with Crippen LogP contribution in [-0.4, -0.2) is 80.4 Å². The van der Waals surface area contributed by atoms with Gasteiger partial charge in [-0.15, -0.1) is 36.6 Å². The number of aliphatic hydroxyl groups is 1. The third kappa shape index (κ3) is 6.68. The van der Waals surface area contributed by atoms with E-state index in [1.807, 2.05) is 24.3 Å². The van der Waals surface area contributed by atoms with Crippen molar-refractivity contribution >= 4 is 48.2 Å². The van der Waals surface area contributed by atoms with Gasteiger partial charge < -0.3 is 24.2 Å². The summed E-state index contributed by atoms with van der Waals surface area (Å²) in [7, 11) is 2.97. The molecule has 0 aliphatic carbocycles. The molecule has 1 fully saturated rings. The van der Waals surface area contributed by atoms with Gasteiger partial charge in [-0.2, -0.15) is 0 Å². The molecule has 2 aromatic carbocycles. The van der Waals surface area contributed by atoms with E-state index >= 15 is 0 Å². The zero-order valence-corrected chi connectivity index (χ0v) is 22.5. The van der Waals surface area contributed by atoms with Crippen LogP contribution in [0, 0.1) is 0 Å². The lowest BCUT2D eigenvalue weighted by Crippen LogP contribution is -2.50. The topological polar surface area (TPSA) is 71.5 Å². The number of ether oxygens (including phenoxy) is 3. The number of aliphatic hydroxyl groups excluding tert-OH is 1. The summed E-state index contributed by atoms with van der Waals surface area (Å²) in [6, 6.07) is 15.9. The highest BCUT2D eigenvalue weighted by atomic mass is 35.5. The highest BCUT2D eigenvalue weighted by Crippen LogP contribution is 2.47. The number of rotatable bonds is 7. The van der Waals surface area contributed by atoms with E-state index in [1.54, 1.807) is 7.11 Å². The van der Waals surface area contributed by atoms with E-state index in [0.717, 1.165) is 44.0 Å². The second kappa shape index (κ2) is 13.5. The van der Waals surface area contributed by atoms with Crippen molar-refractivity contribution in [3.63, 3.8) is 0 Å². The molecule has 194 valence electrons. The maximum Gasteiger partial charge on any atom is 0.325 e. The maximum atomic E-state index is 13.0. The minimum Gasteiger partial charge on any atom is -0.497 e. The summed E-state index contributed by atoms with van der Waals surface area (Å²) in [5.74, 6) is 0.895. The summed E-state index contributed by atoms with van der Waals surface area (Å²) in [4.78, 5) is 18.6. The largest absolute Gasteiger partial charge is 0.497 e. The van der Waals surface area contributed by atoms with Gasteiger partial charge in [0, 0.05) is 31.9 Å². The van der Waals surface area contributed by atoms with Gasteiger partial charge in [0.25, 0.3) is 0 Å². The Balaban J connectivity index is 0.00000216. The average molecular weight is 546 g/mol. The van der Waals surface area contributed by atoms with Crippen molar-refractivity contribution in [2.24, 2.45) is 0 Å². The third-order valence-corrected chi connectivity index (χ3v) is 7.97. The normalized spacial score (nSPS) is 21.9. The van der Waals surface area contributed by atoms with Crippen LogP contribution < -0.4 is 14.4 Å². The maximum absolute atomic E-state index is 13.0. The van der Waals surface area contributed by atoms with Crippen LogP contribution in [0.2, 0.25) is 0 Å². The molecule has 1 saturated heterocycles. The summed E-state index contributed by atoms with van der Waals surface area (Å²) >= 11 is 1.32. The fourth-order valence-corrected chi connectivity index (χ4v) is 5.90. The van der Waals surface area contributed by atoms with Crippen molar-refractivity contribution in [3.05, 3.63) is 48.5 Å². The van der Waals surface area contributed by atoms with Crippen molar-refractivity contribution in [2.45, 2.75) is 28.6 Å². The number of halogens is 2. The van der Waals surface area contributed by atoms with Crippen molar-refractivity contribution in [3.8, 4) is 11.5 Å².